The van der Waals surface area contributed by atoms with Crippen LogP contribution in [-0.2, 0) is 16.6 Å². The Bertz CT molecular complexity index is 1320. The number of rotatable bonds is 7. The topological polar surface area (TPSA) is 112 Å². The van der Waals surface area contributed by atoms with Gasteiger partial charge in [-0.05, 0) is 26.3 Å². The molecule has 11 heteroatoms. The van der Waals surface area contributed by atoms with E-state index in [1.54, 1.807) is 13.8 Å². The summed E-state index contributed by atoms with van der Waals surface area (Å²) in [4.78, 5) is 34.2. The van der Waals surface area contributed by atoms with Crippen LogP contribution in [0.4, 0.5) is 5.13 Å². The Morgan fingerprint density at radius 3 is 2.75 bits per heavy atom. The van der Waals surface area contributed by atoms with E-state index in [4.69, 9.17) is 4.74 Å². The minimum atomic E-state index is -0.445. The monoisotopic (exact) mass is 470 g/mol. The van der Waals surface area contributed by atoms with Crippen molar-refractivity contribution in [1.29, 1.82) is 0 Å². The molecule has 1 N–H and O–H groups in total. The van der Waals surface area contributed by atoms with Gasteiger partial charge in [0, 0.05) is 12.4 Å². The summed E-state index contributed by atoms with van der Waals surface area (Å²) in [5, 5.41) is 12.7. The summed E-state index contributed by atoms with van der Waals surface area (Å²) in [6.07, 6.45) is 0.558. The van der Waals surface area contributed by atoms with E-state index < -0.39 is 11.2 Å². The highest BCUT2D eigenvalue weighted by Gasteiger charge is 2.24. The first kappa shape index (κ1) is 22.2. The molecular formula is C21H22N6O3S2. The van der Waals surface area contributed by atoms with E-state index in [1.807, 2.05) is 42.8 Å². The first-order chi connectivity index (χ1) is 15.4. The van der Waals surface area contributed by atoms with Crippen LogP contribution in [0.1, 0.15) is 35.6 Å². The number of carbonyl (C=O) groups excluding carboxylic acids is 2. The molecule has 0 bridgehead atoms. The lowest BCUT2D eigenvalue weighted by Gasteiger charge is -2.12. The van der Waals surface area contributed by atoms with Gasteiger partial charge in [0.05, 0.1) is 23.1 Å². The number of aryl methyl sites for hydroxylation is 2. The first-order valence-electron chi connectivity index (χ1n) is 10.1. The van der Waals surface area contributed by atoms with Crippen LogP contribution in [0.3, 0.4) is 0 Å². The van der Waals surface area contributed by atoms with Crippen molar-refractivity contribution in [2.24, 2.45) is 7.05 Å². The molecule has 1 amide bonds. The molecule has 0 saturated heterocycles. The predicted molar refractivity (Wildman–Crippen MR) is 125 cm³/mol. The van der Waals surface area contributed by atoms with Gasteiger partial charge in [-0.2, -0.15) is 0 Å². The first-order valence-corrected chi connectivity index (χ1v) is 11.8. The highest BCUT2D eigenvalue weighted by molar-refractivity contribution is 8.00. The lowest BCUT2D eigenvalue weighted by atomic mass is 10.2. The third kappa shape index (κ3) is 4.17. The molecule has 0 spiro atoms. The van der Waals surface area contributed by atoms with Crippen molar-refractivity contribution in [3.8, 4) is 0 Å². The maximum absolute atomic E-state index is 12.9. The summed E-state index contributed by atoms with van der Waals surface area (Å²) in [6.45, 7) is 5.65. The molecule has 166 valence electrons. The van der Waals surface area contributed by atoms with Crippen LogP contribution >= 0.6 is 23.1 Å². The van der Waals surface area contributed by atoms with Crippen LogP contribution in [-0.4, -0.2) is 48.5 Å². The van der Waals surface area contributed by atoms with E-state index in [2.05, 4.69) is 25.5 Å². The van der Waals surface area contributed by atoms with Gasteiger partial charge >= 0.3 is 5.97 Å². The molecule has 0 aliphatic carbocycles. The number of esters is 1. The van der Waals surface area contributed by atoms with Crippen molar-refractivity contribution in [3.05, 3.63) is 34.8 Å². The van der Waals surface area contributed by atoms with Crippen LogP contribution in [0.25, 0.3) is 22.1 Å². The molecule has 0 aliphatic heterocycles. The number of fused-ring (bicyclic) bond motifs is 3. The number of amides is 1. The summed E-state index contributed by atoms with van der Waals surface area (Å²) in [5.74, 6) is -0.672. The minimum Gasteiger partial charge on any atom is -0.462 e. The predicted octanol–water partition coefficient (Wildman–Crippen LogP) is 3.97. The molecule has 0 radical (unpaired) electrons. The second-order valence-corrected chi connectivity index (χ2v) is 9.17. The molecule has 4 rings (SSSR count). The third-order valence-corrected chi connectivity index (χ3v) is 7.15. The fourth-order valence-electron chi connectivity index (χ4n) is 3.31. The van der Waals surface area contributed by atoms with Crippen LogP contribution < -0.4 is 5.32 Å². The number of carbonyl (C=O) groups is 2. The Kier molecular flexibility index (Phi) is 6.38. The third-order valence-electron chi connectivity index (χ3n) is 4.89. The summed E-state index contributed by atoms with van der Waals surface area (Å²) in [6, 6.07) is 7.92. The molecule has 0 aliphatic rings. The maximum Gasteiger partial charge on any atom is 0.350 e. The van der Waals surface area contributed by atoms with Crippen LogP contribution in [0.5, 0.6) is 0 Å². The molecule has 32 heavy (non-hydrogen) atoms. The second-order valence-electron chi connectivity index (χ2n) is 7.00. The number of nitrogens with one attached hydrogen (secondary N) is 1. The molecule has 3 heterocycles. The standard InChI is InChI=1S/C21H22N6O3S2/c1-5-14(18(28)24-20-22-11(3)16(32-20)19(29)30-6-2)31-21-23-17-15(25-26-21)12-9-7-8-10-13(12)27(17)4/h7-10,14H,5-6H2,1-4H3,(H,22,24,28)/t14-/m1/s1. The molecule has 9 nitrogen and oxygen atoms in total. The summed E-state index contributed by atoms with van der Waals surface area (Å²) in [7, 11) is 1.93. The Morgan fingerprint density at radius 1 is 1.22 bits per heavy atom. The number of nitrogens with zero attached hydrogens (tertiary/aromatic N) is 5. The maximum atomic E-state index is 12.9. The molecule has 0 saturated carbocycles. The minimum absolute atomic E-state index is 0.234. The van der Waals surface area contributed by atoms with Gasteiger partial charge in [-0.15, -0.1) is 10.2 Å². The van der Waals surface area contributed by atoms with Crippen molar-refractivity contribution in [2.45, 2.75) is 37.6 Å². The Hall–Kier alpha value is -3.05. The summed E-state index contributed by atoms with van der Waals surface area (Å²) < 4.78 is 7.00. The highest BCUT2D eigenvalue weighted by atomic mass is 32.2. The number of ether oxygens (including phenoxy) is 1. The SMILES string of the molecule is CCOC(=O)c1sc(NC(=O)[C@@H](CC)Sc2nnc3c4ccccc4n(C)c3n2)nc1C. The van der Waals surface area contributed by atoms with E-state index in [0.717, 1.165) is 27.8 Å². The molecule has 4 aromatic rings. The number of thioether (sulfide) groups is 1. The van der Waals surface area contributed by atoms with Gasteiger partial charge in [-0.25, -0.2) is 14.8 Å². The average molecular weight is 471 g/mol. The fourth-order valence-corrected chi connectivity index (χ4v) is 4.99. The zero-order valence-corrected chi connectivity index (χ0v) is 19.7. The molecule has 1 atom stereocenters. The summed E-state index contributed by atoms with van der Waals surface area (Å²) >= 11 is 2.35. The van der Waals surface area contributed by atoms with Crippen molar-refractivity contribution < 1.29 is 14.3 Å². The molecule has 3 aromatic heterocycles. The van der Waals surface area contributed by atoms with Gasteiger partial charge in [0.25, 0.3) is 0 Å². The van der Waals surface area contributed by atoms with Gasteiger partial charge in [-0.1, -0.05) is 48.2 Å². The number of para-hydroxylation sites is 1. The van der Waals surface area contributed by atoms with Gasteiger partial charge in [0.15, 0.2) is 10.8 Å². The highest BCUT2D eigenvalue weighted by Crippen LogP contribution is 2.29. The van der Waals surface area contributed by atoms with E-state index in [9.17, 15) is 9.59 Å². The Balaban J connectivity index is 1.53. The van der Waals surface area contributed by atoms with E-state index in [1.165, 1.54) is 11.8 Å². The normalized spacial score (nSPS) is 12.2. The number of hydrogen-bond donors (Lipinski definition) is 1. The van der Waals surface area contributed by atoms with Crippen LogP contribution in [0.15, 0.2) is 29.4 Å². The molecule has 0 fully saturated rings. The number of aromatic nitrogens is 5. The number of hydrogen-bond acceptors (Lipinski definition) is 9. The van der Waals surface area contributed by atoms with Gasteiger partial charge in [-0.3, -0.25) is 4.79 Å². The van der Waals surface area contributed by atoms with E-state index >= 15 is 0 Å². The lowest BCUT2D eigenvalue weighted by molar-refractivity contribution is -0.115. The van der Waals surface area contributed by atoms with Crippen LogP contribution in [0, 0.1) is 6.92 Å². The summed E-state index contributed by atoms with van der Waals surface area (Å²) in [5.41, 5.74) is 2.99. The van der Waals surface area contributed by atoms with Crippen LogP contribution in [0.2, 0.25) is 0 Å². The average Bonchev–Trinajstić information content (AvgIpc) is 3.29. The number of anilines is 1. The smallest absolute Gasteiger partial charge is 0.350 e. The van der Waals surface area contributed by atoms with Crippen molar-refractivity contribution in [2.75, 3.05) is 11.9 Å². The van der Waals surface area contributed by atoms with Gasteiger partial charge in [0.2, 0.25) is 11.1 Å². The number of thiazole rings is 1. The van der Waals surface area contributed by atoms with Gasteiger partial charge < -0.3 is 14.6 Å². The zero-order valence-electron chi connectivity index (χ0n) is 18.1. The van der Waals surface area contributed by atoms with E-state index in [-0.39, 0.29) is 12.5 Å². The quantitative estimate of drug-likeness (QED) is 0.319. The number of benzene rings is 1. The lowest BCUT2D eigenvalue weighted by Crippen LogP contribution is -2.24. The molecular weight excluding hydrogens is 448 g/mol. The van der Waals surface area contributed by atoms with Crippen molar-refractivity contribution in [3.63, 3.8) is 0 Å². The van der Waals surface area contributed by atoms with E-state index in [0.29, 0.717) is 32.9 Å². The molecule has 1 aromatic carbocycles. The second kappa shape index (κ2) is 9.21. The van der Waals surface area contributed by atoms with Crippen molar-refractivity contribution >= 4 is 62.2 Å². The Morgan fingerprint density at radius 2 is 2.00 bits per heavy atom. The Labute approximate surface area is 192 Å². The fraction of sp³-hybridized carbons (Fsp3) is 0.333. The van der Waals surface area contributed by atoms with Crippen molar-refractivity contribution in [1.82, 2.24) is 24.7 Å². The largest absolute Gasteiger partial charge is 0.462 e. The zero-order chi connectivity index (χ0) is 22.8. The van der Waals surface area contributed by atoms with Gasteiger partial charge in [0.1, 0.15) is 10.4 Å². The molecule has 0 unspecified atom stereocenters.